The lowest BCUT2D eigenvalue weighted by atomic mass is 10.2. The van der Waals surface area contributed by atoms with E-state index >= 15 is 0 Å². The van der Waals surface area contributed by atoms with E-state index in [0.717, 1.165) is 50.6 Å². The van der Waals surface area contributed by atoms with Gasteiger partial charge in [0.25, 0.3) is 11.3 Å². The molecule has 2 aliphatic rings. The molecule has 0 aromatic rings. The van der Waals surface area contributed by atoms with E-state index < -0.39 is 11.3 Å². The Morgan fingerprint density at radius 3 is 1.45 bits per heavy atom. The van der Waals surface area contributed by atoms with Gasteiger partial charge in [0.2, 0.25) is 0 Å². The number of azo groups is 1. The van der Waals surface area contributed by atoms with E-state index in [1.54, 1.807) is 14.2 Å². The molecule has 0 spiro atoms. The van der Waals surface area contributed by atoms with Crippen LogP contribution in [0.3, 0.4) is 0 Å². The molecule has 0 aromatic carbocycles. The maximum Gasteiger partial charge on any atom is 0.338 e. The van der Waals surface area contributed by atoms with Crippen molar-refractivity contribution in [1.29, 1.82) is 0 Å². The first kappa shape index (κ1) is 16.9. The fourth-order valence-corrected chi connectivity index (χ4v) is 3.23. The van der Waals surface area contributed by atoms with Crippen LogP contribution in [0.4, 0.5) is 0 Å². The Morgan fingerprint density at radius 2 is 1.14 bits per heavy atom. The molecule has 6 heteroatoms. The van der Waals surface area contributed by atoms with Gasteiger partial charge in [-0.3, -0.25) is 0 Å². The van der Waals surface area contributed by atoms with Gasteiger partial charge in [-0.25, -0.2) is 0 Å². The van der Waals surface area contributed by atoms with E-state index in [0.29, 0.717) is 0 Å². The predicted octanol–water partition coefficient (Wildman–Crippen LogP) is 2.61. The van der Waals surface area contributed by atoms with Crippen LogP contribution in [0.25, 0.3) is 0 Å². The zero-order chi connectivity index (χ0) is 16.4. The fourth-order valence-electron chi connectivity index (χ4n) is 3.23. The van der Waals surface area contributed by atoms with Gasteiger partial charge in [-0.2, -0.15) is 9.15 Å². The van der Waals surface area contributed by atoms with Crippen LogP contribution in [0, 0.1) is 0 Å². The molecule has 2 rings (SSSR count). The van der Waals surface area contributed by atoms with Crippen molar-refractivity contribution >= 4 is 11.8 Å². The van der Waals surface area contributed by atoms with Crippen molar-refractivity contribution in [3.8, 4) is 0 Å². The Hall–Kier alpha value is -1.46. The standard InChI is InChI=1S/C16H30N4O2/c1-15(2,19-11-7-9-13(19)21-5)17-18-16(3,4)20-12-8-10-14(20)22-6/h7-12H2,1-6H3/q+2/b18-17+. The Kier molecular flexibility index (Phi) is 4.87. The number of methoxy groups -OCH3 is 2. The number of rotatable bonds is 4. The highest BCUT2D eigenvalue weighted by atomic mass is 16.5. The van der Waals surface area contributed by atoms with Crippen molar-refractivity contribution in [3.05, 3.63) is 0 Å². The molecule has 0 unspecified atom stereocenters. The minimum Gasteiger partial charge on any atom is -0.451 e. The van der Waals surface area contributed by atoms with Gasteiger partial charge in [0.1, 0.15) is 13.1 Å². The van der Waals surface area contributed by atoms with E-state index in [2.05, 4.69) is 47.1 Å². The summed E-state index contributed by atoms with van der Waals surface area (Å²) in [5, 5.41) is 9.32. The van der Waals surface area contributed by atoms with Crippen molar-refractivity contribution < 1.29 is 18.6 Å². The van der Waals surface area contributed by atoms with Crippen molar-refractivity contribution in [1.82, 2.24) is 0 Å². The molecule has 0 fully saturated rings. The summed E-state index contributed by atoms with van der Waals surface area (Å²) in [4.78, 5) is 0. The first-order valence-corrected chi connectivity index (χ1v) is 8.11. The Labute approximate surface area is 133 Å². The van der Waals surface area contributed by atoms with Gasteiger partial charge in [0.05, 0.1) is 27.1 Å². The van der Waals surface area contributed by atoms with Crippen LogP contribution in [0.15, 0.2) is 10.2 Å². The van der Waals surface area contributed by atoms with Crippen molar-refractivity contribution in [2.45, 2.75) is 64.7 Å². The molecular formula is C16H30N4O2+2. The number of ether oxygens (including phenoxy) is 2. The number of hydrogen-bond donors (Lipinski definition) is 0. The van der Waals surface area contributed by atoms with E-state index in [4.69, 9.17) is 9.47 Å². The lowest BCUT2D eigenvalue weighted by Crippen LogP contribution is -2.40. The molecule has 0 amide bonds. The van der Waals surface area contributed by atoms with Gasteiger partial charge in [-0.1, -0.05) is 0 Å². The van der Waals surface area contributed by atoms with Gasteiger partial charge in [0, 0.05) is 40.5 Å². The van der Waals surface area contributed by atoms with Crippen LogP contribution >= 0.6 is 0 Å². The first-order valence-electron chi connectivity index (χ1n) is 8.11. The summed E-state index contributed by atoms with van der Waals surface area (Å²) >= 11 is 0. The summed E-state index contributed by atoms with van der Waals surface area (Å²) in [6.45, 7) is 10.3. The van der Waals surface area contributed by atoms with Gasteiger partial charge >= 0.3 is 11.8 Å². The van der Waals surface area contributed by atoms with E-state index in [-0.39, 0.29) is 0 Å². The Morgan fingerprint density at radius 1 is 0.773 bits per heavy atom. The molecule has 0 saturated heterocycles. The molecule has 124 valence electrons. The molecule has 0 N–H and O–H groups in total. The summed E-state index contributed by atoms with van der Waals surface area (Å²) < 4.78 is 15.4. The van der Waals surface area contributed by atoms with Crippen LogP contribution in [-0.2, 0) is 9.47 Å². The lowest BCUT2D eigenvalue weighted by Gasteiger charge is -2.20. The summed E-state index contributed by atoms with van der Waals surface area (Å²) in [6, 6.07) is 0. The minimum atomic E-state index is -0.397. The molecule has 0 saturated carbocycles. The zero-order valence-electron chi connectivity index (χ0n) is 14.8. The maximum absolute atomic E-state index is 5.48. The van der Waals surface area contributed by atoms with Gasteiger partial charge < -0.3 is 9.47 Å². The minimum absolute atomic E-state index is 0.397. The maximum atomic E-state index is 5.48. The Balaban J connectivity index is 2.23. The largest absolute Gasteiger partial charge is 0.451 e. The van der Waals surface area contributed by atoms with E-state index in [1.807, 2.05) is 0 Å². The number of hydrogen-bond acceptors (Lipinski definition) is 4. The molecule has 6 nitrogen and oxygen atoms in total. The molecule has 0 aliphatic carbocycles. The summed E-state index contributed by atoms with van der Waals surface area (Å²) in [6.07, 6.45) is 4.18. The molecule has 0 aromatic heterocycles. The second kappa shape index (κ2) is 6.34. The topological polar surface area (TPSA) is 49.2 Å². The second-order valence-electron chi connectivity index (χ2n) is 6.89. The summed E-state index contributed by atoms with van der Waals surface area (Å²) in [5.74, 6) is 2.01. The predicted molar refractivity (Wildman–Crippen MR) is 85.8 cm³/mol. The van der Waals surface area contributed by atoms with Gasteiger partial charge in [0.15, 0.2) is 0 Å². The summed E-state index contributed by atoms with van der Waals surface area (Å²) in [5.41, 5.74) is -0.794. The number of nitrogens with zero attached hydrogens (tertiary/aromatic N) is 4. The second-order valence-corrected chi connectivity index (χ2v) is 6.89. The quantitative estimate of drug-likeness (QED) is 0.592. The van der Waals surface area contributed by atoms with Crippen LogP contribution in [0.1, 0.15) is 53.4 Å². The molecule has 0 radical (unpaired) electrons. The average molecular weight is 310 g/mol. The fraction of sp³-hybridized carbons (Fsp3) is 0.875. The SMILES string of the molecule is COC1=[N+](C(C)(C)/N=N/C(C)(C)[N+]2=C(OC)CCC2)CCC1. The molecule has 2 aliphatic heterocycles. The van der Waals surface area contributed by atoms with E-state index in [1.165, 1.54) is 0 Å². The smallest absolute Gasteiger partial charge is 0.338 e. The van der Waals surface area contributed by atoms with Crippen LogP contribution in [-0.4, -0.2) is 59.6 Å². The molecule has 0 atom stereocenters. The van der Waals surface area contributed by atoms with Gasteiger partial charge in [-0.05, 0) is 0 Å². The van der Waals surface area contributed by atoms with E-state index in [9.17, 15) is 0 Å². The summed E-state index contributed by atoms with van der Waals surface area (Å²) in [7, 11) is 3.46. The van der Waals surface area contributed by atoms with Crippen LogP contribution < -0.4 is 0 Å². The normalized spacial score (nSPS) is 20.5. The molecule has 0 bridgehead atoms. The van der Waals surface area contributed by atoms with Crippen molar-refractivity contribution in [2.75, 3.05) is 27.3 Å². The highest BCUT2D eigenvalue weighted by molar-refractivity contribution is 5.72. The highest BCUT2D eigenvalue weighted by Crippen LogP contribution is 2.24. The monoisotopic (exact) mass is 310 g/mol. The third kappa shape index (κ3) is 3.31. The van der Waals surface area contributed by atoms with Crippen LogP contribution in [0.2, 0.25) is 0 Å². The Bertz CT molecular complexity index is 472. The van der Waals surface area contributed by atoms with Gasteiger partial charge in [-0.15, -0.1) is 10.2 Å². The third-order valence-corrected chi connectivity index (χ3v) is 4.48. The highest BCUT2D eigenvalue weighted by Gasteiger charge is 2.41. The molecular weight excluding hydrogens is 280 g/mol. The zero-order valence-corrected chi connectivity index (χ0v) is 14.8. The first-order chi connectivity index (χ1) is 10.3. The van der Waals surface area contributed by atoms with Crippen molar-refractivity contribution in [3.63, 3.8) is 0 Å². The lowest BCUT2D eigenvalue weighted by molar-refractivity contribution is -0.610. The third-order valence-electron chi connectivity index (χ3n) is 4.48. The van der Waals surface area contributed by atoms with Crippen LogP contribution in [0.5, 0.6) is 0 Å². The molecule has 2 heterocycles. The average Bonchev–Trinajstić information content (AvgIpc) is 3.13. The van der Waals surface area contributed by atoms with Crippen molar-refractivity contribution in [2.24, 2.45) is 10.2 Å². The molecule has 22 heavy (non-hydrogen) atoms.